The third-order valence-corrected chi connectivity index (χ3v) is 3.24. The summed E-state index contributed by atoms with van der Waals surface area (Å²) >= 11 is 0. The predicted octanol–water partition coefficient (Wildman–Crippen LogP) is 3.97. The Morgan fingerprint density at radius 1 is 0.909 bits per heavy atom. The first-order valence-corrected chi connectivity index (χ1v) is 6.59. The molecule has 0 unspecified atom stereocenters. The van der Waals surface area contributed by atoms with Crippen LogP contribution in [0.25, 0.3) is 10.8 Å². The van der Waals surface area contributed by atoms with E-state index in [1.807, 2.05) is 30.3 Å². The molecule has 0 aliphatic rings. The Balaban J connectivity index is 1.81. The van der Waals surface area contributed by atoms with Gasteiger partial charge in [-0.15, -0.1) is 0 Å². The second-order valence-electron chi connectivity index (χ2n) is 4.70. The smallest absolute Gasteiger partial charge is 0.343 e. The van der Waals surface area contributed by atoms with E-state index in [-0.39, 0.29) is 11.4 Å². The summed E-state index contributed by atoms with van der Waals surface area (Å²) < 4.78 is 5.22. The fraction of sp³-hybridized carbons (Fsp3) is 0. The highest BCUT2D eigenvalue weighted by Crippen LogP contribution is 2.20. The molecule has 108 valence electrons. The standard InChI is InChI=1S/C17H11NO4/c19-17(22-16-9-7-15(8-10-16)18(20)21)14-6-5-12-3-1-2-4-13(12)11-14/h1-11H. The molecule has 3 rings (SSSR count). The van der Waals surface area contributed by atoms with Gasteiger partial charge < -0.3 is 4.74 Å². The topological polar surface area (TPSA) is 69.4 Å². The van der Waals surface area contributed by atoms with Gasteiger partial charge in [-0.1, -0.05) is 30.3 Å². The normalized spacial score (nSPS) is 10.4. The summed E-state index contributed by atoms with van der Waals surface area (Å²) in [4.78, 5) is 22.2. The Morgan fingerprint density at radius 2 is 1.59 bits per heavy atom. The molecular weight excluding hydrogens is 282 g/mol. The van der Waals surface area contributed by atoms with E-state index in [0.717, 1.165) is 10.8 Å². The van der Waals surface area contributed by atoms with Crippen molar-refractivity contribution in [2.45, 2.75) is 0 Å². The average molecular weight is 293 g/mol. The van der Waals surface area contributed by atoms with E-state index in [2.05, 4.69) is 0 Å². The van der Waals surface area contributed by atoms with Crippen LogP contribution in [0.5, 0.6) is 5.75 Å². The molecule has 0 atom stereocenters. The number of carbonyl (C=O) groups is 1. The van der Waals surface area contributed by atoms with E-state index in [1.165, 1.54) is 24.3 Å². The summed E-state index contributed by atoms with van der Waals surface area (Å²) in [6, 6.07) is 18.4. The molecule has 0 bridgehead atoms. The molecule has 3 aromatic rings. The number of rotatable bonds is 3. The number of fused-ring (bicyclic) bond motifs is 1. The summed E-state index contributed by atoms with van der Waals surface area (Å²) in [5, 5.41) is 12.6. The largest absolute Gasteiger partial charge is 0.423 e. The van der Waals surface area contributed by atoms with Gasteiger partial charge in [0.1, 0.15) is 5.75 Å². The van der Waals surface area contributed by atoms with Crippen molar-refractivity contribution in [2.75, 3.05) is 0 Å². The van der Waals surface area contributed by atoms with Gasteiger partial charge in [-0.2, -0.15) is 0 Å². The van der Waals surface area contributed by atoms with Crippen molar-refractivity contribution in [2.24, 2.45) is 0 Å². The third-order valence-electron chi connectivity index (χ3n) is 3.24. The van der Waals surface area contributed by atoms with Crippen LogP contribution in [-0.2, 0) is 0 Å². The third kappa shape index (κ3) is 2.78. The number of nitro benzene ring substituents is 1. The first kappa shape index (κ1) is 13.8. The highest BCUT2D eigenvalue weighted by atomic mass is 16.6. The molecule has 0 amide bonds. The van der Waals surface area contributed by atoms with E-state index >= 15 is 0 Å². The van der Waals surface area contributed by atoms with Gasteiger partial charge in [-0.25, -0.2) is 4.79 Å². The molecule has 0 aliphatic heterocycles. The number of non-ortho nitro benzene ring substituents is 1. The number of carbonyl (C=O) groups excluding carboxylic acids is 1. The van der Waals surface area contributed by atoms with Crippen LogP contribution in [0.4, 0.5) is 5.69 Å². The van der Waals surface area contributed by atoms with Crippen LogP contribution in [0.2, 0.25) is 0 Å². The average Bonchev–Trinajstić information content (AvgIpc) is 2.55. The first-order valence-electron chi connectivity index (χ1n) is 6.59. The molecule has 0 saturated carbocycles. The van der Waals surface area contributed by atoms with Crippen LogP contribution in [-0.4, -0.2) is 10.9 Å². The highest BCUT2D eigenvalue weighted by molar-refractivity contribution is 5.96. The quantitative estimate of drug-likeness (QED) is 0.317. The molecule has 0 fully saturated rings. The number of esters is 1. The van der Waals surface area contributed by atoms with Gasteiger partial charge in [0.05, 0.1) is 10.5 Å². The maximum atomic E-state index is 12.1. The Labute approximate surface area is 125 Å². The van der Waals surface area contributed by atoms with Gasteiger partial charge in [0.25, 0.3) is 5.69 Å². The van der Waals surface area contributed by atoms with Crippen LogP contribution in [0.3, 0.4) is 0 Å². The second-order valence-corrected chi connectivity index (χ2v) is 4.70. The highest BCUT2D eigenvalue weighted by Gasteiger charge is 2.11. The number of nitro groups is 1. The number of benzene rings is 3. The Bertz CT molecular complexity index is 856. The number of nitrogens with zero attached hydrogens (tertiary/aromatic N) is 1. The first-order chi connectivity index (χ1) is 10.6. The molecule has 0 aromatic heterocycles. The van der Waals surface area contributed by atoms with E-state index in [4.69, 9.17) is 4.74 Å². The zero-order chi connectivity index (χ0) is 15.5. The van der Waals surface area contributed by atoms with Crippen molar-refractivity contribution in [3.05, 3.63) is 82.4 Å². The minimum Gasteiger partial charge on any atom is -0.423 e. The molecule has 0 N–H and O–H groups in total. The van der Waals surface area contributed by atoms with E-state index in [0.29, 0.717) is 5.56 Å². The lowest BCUT2D eigenvalue weighted by Crippen LogP contribution is -2.08. The SMILES string of the molecule is O=C(Oc1ccc([N+](=O)[O-])cc1)c1ccc2ccccc2c1. The summed E-state index contributed by atoms with van der Waals surface area (Å²) in [6.07, 6.45) is 0. The lowest BCUT2D eigenvalue weighted by molar-refractivity contribution is -0.384. The van der Waals surface area contributed by atoms with Gasteiger partial charge in [0.15, 0.2) is 0 Å². The van der Waals surface area contributed by atoms with Crippen LogP contribution >= 0.6 is 0 Å². The molecule has 0 saturated heterocycles. The molecule has 0 heterocycles. The van der Waals surface area contributed by atoms with Gasteiger partial charge in [0, 0.05) is 12.1 Å². The predicted molar refractivity (Wildman–Crippen MR) is 82.0 cm³/mol. The summed E-state index contributed by atoms with van der Waals surface area (Å²) in [5.41, 5.74) is 0.377. The minimum absolute atomic E-state index is 0.0505. The van der Waals surface area contributed by atoms with Crippen molar-refractivity contribution in [1.82, 2.24) is 0 Å². The Kier molecular flexibility index (Phi) is 3.53. The number of ether oxygens (including phenoxy) is 1. The zero-order valence-electron chi connectivity index (χ0n) is 11.4. The lowest BCUT2D eigenvalue weighted by atomic mass is 10.1. The van der Waals surface area contributed by atoms with Crippen molar-refractivity contribution in [3.8, 4) is 5.75 Å². The van der Waals surface area contributed by atoms with Crippen LogP contribution < -0.4 is 4.74 Å². The number of hydrogen-bond acceptors (Lipinski definition) is 4. The van der Waals surface area contributed by atoms with Crippen LogP contribution in [0, 0.1) is 10.1 Å². The molecule has 0 radical (unpaired) electrons. The van der Waals surface area contributed by atoms with E-state index in [1.54, 1.807) is 12.1 Å². The van der Waals surface area contributed by atoms with Gasteiger partial charge in [-0.3, -0.25) is 10.1 Å². The van der Waals surface area contributed by atoms with E-state index < -0.39 is 10.9 Å². The molecule has 5 nitrogen and oxygen atoms in total. The second kappa shape index (κ2) is 5.65. The van der Waals surface area contributed by atoms with Crippen LogP contribution in [0.15, 0.2) is 66.7 Å². The number of hydrogen-bond donors (Lipinski definition) is 0. The minimum atomic E-state index is -0.505. The monoisotopic (exact) mass is 293 g/mol. The Morgan fingerprint density at radius 3 is 2.27 bits per heavy atom. The van der Waals surface area contributed by atoms with Crippen molar-refractivity contribution in [3.63, 3.8) is 0 Å². The summed E-state index contributed by atoms with van der Waals surface area (Å²) in [7, 11) is 0. The molecule has 22 heavy (non-hydrogen) atoms. The van der Waals surface area contributed by atoms with Crippen molar-refractivity contribution in [1.29, 1.82) is 0 Å². The fourth-order valence-corrected chi connectivity index (χ4v) is 2.12. The molecule has 3 aromatic carbocycles. The maximum absolute atomic E-state index is 12.1. The summed E-state index contributed by atoms with van der Waals surface area (Å²) in [6.45, 7) is 0. The van der Waals surface area contributed by atoms with Gasteiger partial charge >= 0.3 is 5.97 Å². The van der Waals surface area contributed by atoms with Crippen molar-refractivity contribution >= 4 is 22.4 Å². The fourth-order valence-electron chi connectivity index (χ4n) is 2.12. The summed E-state index contributed by atoms with van der Waals surface area (Å²) in [5.74, 6) is -0.233. The molecular formula is C17H11NO4. The molecule has 5 heteroatoms. The van der Waals surface area contributed by atoms with Crippen LogP contribution in [0.1, 0.15) is 10.4 Å². The zero-order valence-corrected chi connectivity index (χ0v) is 11.4. The molecule has 0 spiro atoms. The maximum Gasteiger partial charge on any atom is 0.343 e. The van der Waals surface area contributed by atoms with Gasteiger partial charge in [-0.05, 0) is 35.0 Å². The Hall–Kier alpha value is -3.21. The lowest BCUT2D eigenvalue weighted by Gasteiger charge is -2.05. The van der Waals surface area contributed by atoms with Crippen molar-refractivity contribution < 1.29 is 14.5 Å². The van der Waals surface area contributed by atoms with Gasteiger partial charge in [0.2, 0.25) is 0 Å². The van der Waals surface area contributed by atoms with E-state index in [9.17, 15) is 14.9 Å². The molecule has 0 aliphatic carbocycles.